The third kappa shape index (κ3) is 4.33. The van der Waals surface area contributed by atoms with Crippen LogP contribution >= 0.6 is 0 Å². The molecule has 0 saturated heterocycles. The molecule has 0 saturated carbocycles. The quantitative estimate of drug-likeness (QED) is 0.433. The number of anilines is 1. The van der Waals surface area contributed by atoms with Gasteiger partial charge >= 0.3 is 0 Å². The number of rotatable bonds is 6. The first-order valence-corrected chi connectivity index (χ1v) is 9.69. The van der Waals surface area contributed by atoms with Gasteiger partial charge in [-0.3, -0.25) is 4.79 Å². The minimum atomic E-state index is -0.405. The smallest absolute Gasteiger partial charge is 0.255 e. The summed E-state index contributed by atoms with van der Waals surface area (Å²) in [5.41, 5.74) is 2.38. The van der Waals surface area contributed by atoms with Crippen molar-refractivity contribution in [2.45, 2.75) is 13.8 Å². The third-order valence-electron chi connectivity index (χ3n) is 4.43. The number of fused-ring (bicyclic) bond motifs is 1. The van der Waals surface area contributed by atoms with Crippen LogP contribution in [0.3, 0.4) is 0 Å². The van der Waals surface area contributed by atoms with Gasteiger partial charge in [-0.15, -0.1) is 0 Å². The zero-order valence-corrected chi connectivity index (χ0v) is 16.7. The van der Waals surface area contributed by atoms with E-state index in [1.165, 1.54) is 6.07 Å². The predicted octanol–water partition coefficient (Wildman–Crippen LogP) is 5.92. The number of benzene rings is 3. The first-order chi connectivity index (χ1) is 14.5. The van der Waals surface area contributed by atoms with Gasteiger partial charge in [-0.25, -0.2) is 9.37 Å². The Bertz CT molecular complexity index is 1200. The molecular formula is C24H21FN2O3. The first kappa shape index (κ1) is 19.6. The maximum Gasteiger partial charge on any atom is 0.255 e. The Kier molecular flexibility index (Phi) is 5.48. The van der Waals surface area contributed by atoms with Crippen molar-refractivity contribution in [2.75, 3.05) is 11.9 Å². The highest BCUT2D eigenvalue weighted by molar-refractivity contribution is 6.05. The lowest BCUT2D eigenvalue weighted by Gasteiger charge is -2.10. The molecule has 30 heavy (non-hydrogen) atoms. The fourth-order valence-electron chi connectivity index (χ4n) is 2.95. The van der Waals surface area contributed by atoms with Crippen molar-refractivity contribution in [3.63, 3.8) is 0 Å². The van der Waals surface area contributed by atoms with E-state index in [1.54, 1.807) is 54.6 Å². The molecule has 1 heterocycles. The lowest BCUT2D eigenvalue weighted by atomic mass is 10.2. The molecule has 1 amide bonds. The largest absolute Gasteiger partial charge is 0.493 e. The number of hydrogen-bond donors (Lipinski definition) is 1. The van der Waals surface area contributed by atoms with Gasteiger partial charge in [-0.1, -0.05) is 32.0 Å². The average molecular weight is 404 g/mol. The first-order valence-electron chi connectivity index (χ1n) is 9.69. The second-order valence-electron chi connectivity index (χ2n) is 7.37. The van der Waals surface area contributed by atoms with Crippen LogP contribution in [-0.4, -0.2) is 17.5 Å². The van der Waals surface area contributed by atoms with E-state index < -0.39 is 5.82 Å². The lowest BCUT2D eigenvalue weighted by Crippen LogP contribution is -2.12. The second-order valence-corrected chi connectivity index (χ2v) is 7.37. The summed E-state index contributed by atoms with van der Waals surface area (Å²) in [6, 6.07) is 18.4. The molecule has 0 aliphatic rings. The zero-order valence-electron chi connectivity index (χ0n) is 16.7. The van der Waals surface area contributed by atoms with Gasteiger partial charge in [0.05, 0.1) is 12.2 Å². The molecule has 0 fully saturated rings. The number of carbonyl (C=O) groups is 1. The summed E-state index contributed by atoms with van der Waals surface area (Å²) in [6.07, 6.45) is 0. The molecule has 3 aromatic carbocycles. The Hall–Kier alpha value is -3.67. The van der Waals surface area contributed by atoms with Gasteiger partial charge < -0.3 is 14.5 Å². The molecule has 0 aliphatic heterocycles. The topological polar surface area (TPSA) is 64.4 Å². The van der Waals surface area contributed by atoms with E-state index in [9.17, 15) is 9.18 Å². The minimum absolute atomic E-state index is 0.196. The van der Waals surface area contributed by atoms with Crippen LogP contribution < -0.4 is 10.1 Å². The van der Waals surface area contributed by atoms with Crippen LogP contribution in [0, 0.1) is 11.7 Å². The molecule has 1 N–H and O–H groups in total. The van der Waals surface area contributed by atoms with Crippen LogP contribution in [0.15, 0.2) is 71.1 Å². The Labute approximate surface area is 173 Å². The highest BCUT2D eigenvalue weighted by atomic mass is 19.1. The summed E-state index contributed by atoms with van der Waals surface area (Å²) >= 11 is 0. The van der Waals surface area contributed by atoms with Crippen LogP contribution in [0.5, 0.6) is 5.75 Å². The Balaban J connectivity index is 1.53. The van der Waals surface area contributed by atoms with Gasteiger partial charge in [-0.2, -0.15) is 0 Å². The number of amides is 1. The summed E-state index contributed by atoms with van der Waals surface area (Å²) in [5, 5.41) is 2.85. The number of ether oxygens (including phenoxy) is 1. The number of aromatic nitrogens is 1. The molecule has 4 aromatic rings. The van der Waals surface area contributed by atoms with Gasteiger partial charge in [0, 0.05) is 11.3 Å². The maximum absolute atomic E-state index is 14.0. The van der Waals surface area contributed by atoms with E-state index in [4.69, 9.17) is 9.15 Å². The van der Waals surface area contributed by atoms with Crippen LogP contribution in [0.25, 0.3) is 22.6 Å². The number of oxazole rings is 1. The fraction of sp³-hybridized carbons (Fsp3) is 0.167. The Morgan fingerprint density at radius 2 is 1.93 bits per heavy atom. The maximum atomic E-state index is 14.0. The number of halogens is 1. The number of nitrogens with one attached hydrogen (secondary N) is 1. The van der Waals surface area contributed by atoms with Crippen molar-refractivity contribution in [3.8, 4) is 17.2 Å². The van der Waals surface area contributed by atoms with Crippen molar-refractivity contribution in [1.82, 2.24) is 4.98 Å². The highest BCUT2D eigenvalue weighted by Crippen LogP contribution is 2.28. The van der Waals surface area contributed by atoms with E-state index in [1.807, 2.05) is 6.07 Å². The van der Waals surface area contributed by atoms with E-state index in [0.29, 0.717) is 40.6 Å². The molecule has 0 bridgehead atoms. The summed E-state index contributed by atoms with van der Waals surface area (Å²) in [5.74, 6) is 0.574. The Morgan fingerprint density at radius 3 is 2.73 bits per heavy atom. The number of carbonyl (C=O) groups excluding carboxylic acids is 1. The third-order valence-corrected chi connectivity index (χ3v) is 4.43. The standard InChI is InChI=1S/C24H21FN2O3/c1-15(2)14-29-18-7-5-6-16(12-18)23(28)26-17-10-11-22-21(13-17)27-24(30-22)19-8-3-4-9-20(19)25/h3-13,15H,14H2,1-2H3,(H,26,28). The summed E-state index contributed by atoms with van der Waals surface area (Å²) in [6.45, 7) is 4.71. The van der Waals surface area contributed by atoms with E-state index >= 15 is 0 Å². The number of hydrogen-bond acceptors (Lipinski definition) is 4. The monoisotopic (exact) mass is 404 g/mol. The molecule has 1 aromatic heterocycles. The van der Waals surface area contributed by atoms with Crippen LogP contribution in [0.4, 0.5) is 10.1 Å². The van der Waals surface area contributed by atoms with Crippen molar-refractivity contribution in [1.29, 1.82) is 0 Å². The second kappa shape index (κ2) is 8.37. The molecule has 5 nitrogen and oxygen atoms in total. The molecular weight excluding hydrogens is 383 g/mol. The van der Waals surface area contributed by atoms with Gasteiger partial charge in [0.1, 0.15) is 17.1 Å². The van der Waals surface area contributed by atoms with Crippen molar-refractivity contribution in [3.05, 3.63) is 78.1 Å². The SMILES string of the molecule is CC(C)COc1cccc(C(=O)Nc2ccc3oc(-c4ccccc4F)nc3c2)c1. The molecule has 0 aliphatic carbocycles. The lowest BCUT2D eigenvalue weighted by molar-refractivity contribution is 0.102. The van der Waals surface area contributed by atoms with E-state index in [0.717, 1.165) is 0 Å². The van der Waals surface area contributed by atoms with Gasteiger partial charge in [0.15, 0.2) is 5.58 Å². The molecule has 6 heteroatoms. The fourth-order valence-corrected chi connectivity index (χ4v) is 2.95. The highest BCUT2D eigenvalue weighted by Gasteiger charge is 2.14. The summed E-state index contributed by atoms with van der Waals surface area (Å²) < 4.78 is 25.4. The van der Waals surface area contributed by atoms with Crippen LogP contribution in [0.1, 0.15) is 24.2 Å². The van der Waals surface area contributed by atoms with Gasteiger partial charge in [0.25, 0.3) is 5.91 Å². The molecule has 0 radical (unpaired) electrons. The summed E-state index contributed by atoms with van der Waals surface area (Å²) in [7, 11) is 0. The van der Waals surface area contributed by atoms with Crippen LogP contribution in [0.2, 0.25) is 0 Å². The van der Waals surface area contributed by atoms with Crippen molar-refractivity contribution >= 4 is 22.7 Å². The van der Waals surface area contributed by atoms with Gasteiger partial charge in [0.2, 0.25) is 5.89 Å². The zero-order chi connectivity index (χ0) is 21.1. The predicted molar refractivity (Wildman–Crippen MR) is 114 cm³/mol. The summed E-state index contributed by atoms with van der Waals surface area (Å²) in [4.78, 5) is 17.0. The molecule has 152 valence electrons. The Morgan fingerprint density at radius 1 is 1.10 bits per heavy atom. The van der Waals surface area contributed by atoms with Crippen molar-refractivity contribution < 1.29 is 18.3 Å². The molecule has 0 unspecified atom stereocenters. The normalized spacial score (nSPS) is 11.1. The van der Waals surface area contributed by atoms with Crippen molar-refractivity contribution in [2.24, 2.45) is 5.92 Å². The molecule has 4 rings (SSSR count). The minimum Gasteiger partial charge on any atom is -0.493 e. The molecule has 0 atom stereocenters. The average Bonchev–Trinajstić information content (AvgIpc) is 3.16. The van der Waals surface area contributed by atoms with E-state index in [2.05, 4.69) is 24.1 Å². The van der Waals surface area contributed by atoms with E-state index in [-0.39, 0.29) is 17.4 Å². The molecule has 0 spiro atoms. The van der Waals surface area contributed by atoms with Gasteiger partial charge in [-0.05, 0) is 54.4 Å². The van der Waals surface area contributed by atoms with Crippen LogP contribution in [-0.2, 0) is 0 Å². The number of nitrogens with zero attached hydrogens (tertiary/aromatic N) is 1.